The standard InChI is InChI=1S/C13H16N2O4S.C5H8N2/c1-14-10-3-4-15-11-8-12(19-2)13(7-9(10)11)20(17,18)6-5-16;1-4-3-6-7-5(4)2/h3-4,7-8,16H,5-6H2,1-2H3,(H,14,15);3H,1-2H3,(H,6,7). The van der Waals surface area contributed by atoms with Gasteiger partial charge in [0.1, 0.15) is 10.6 Å². The van der Waals surface area contributed by atoms with Gasteiger partial charge in [-0.25, -0.2) is 8.42 Å². The van der Waals surface area contributed by atoms with Gasteiger partial charge in [0.2, 0.25) is 0 Å². The zero-order chi connectivity index (χ0) is 20.0. The molecule has 2 aromatic heterocycles. The lowest BCUT2D eigenvalue weighted by Crippen LogP contribution is -2.11. The number of pyridine rings is 1. The maximum absolute atomic E-state index is 12.2. The van der Waals surface area contributed by atoms with E-state index in [-0.39, 0.29) is 16.4 Å². The Balaban J connectivity index is 0.000000313. The van der Waals surface area contributed by atoms with Crippen LogP contribution in [0.25, 0.3) is 10.9 Å². The largest absolute Gasteiger partial charge is 0.495 e. The van der Waals surface area contributed by atoms with E-state index < -0.39 is 16.4 Å². The molecule has 0 atom stereocenters. The molecule has 0 saturated heterocycles. The van der Waals surface area contributed by atoms with Gasteiger partial charge in [0.15, 0.2) is 9.84 Å². The van der Waals surface area contributed by atoms with Crippen LogP contribution in [-0.4, -0.2) is 55.2 Å². The van der Waals surface area contributed by atoms with Crippen LogP contribution in [0, 0.1) is 13.8 Å². The van der Waals surface area contributed by atoms with Gasteiger partial charge in [-0.05, 0) is 31.5 Å². The molecule has 0 radical (unpaired) electrons. The van der Waals surface area contributed by atoms with Gasteiger partial charge < -0.3 is 15.2 Å². The number of methoxy groups -OCH3 is 1. The Kier molecular flexibility index (Phi) is 6.75. The normalized spacial score (nSPS) is 11.0. The SMILES string of the molecule is CNc1ccnc2cc(OC)c(S(=O)(=O)CCO)cc12.Cc1cn[nH]c1C. The number of anilines is 1. The first-order valence-electron chi connectivity index (χ1n) is 8.28. The van der Waals surface area contributed by atoms with E-state index >= 15 is 0 Å². The van der Waals surface area contributed by atoms with Gasteiger partial charge in [-0.3, -0.25) is 10.1 Å². The van der Waals surface area contributed by atoms with Crippen molar-refractivity contribution in [2.45, 2.75) is 18.7 Å². The Bertz CT molecular complexity index is 999. The maximum atomic E-state index is 12.2. The van der Waals surface area contributed by atoms with Crippen molar-refractivity contribution in [3.05, 3.63) is 41.9 Å². The number of benzene rings is 1. The number of aryl methyl sites for hydroxylation is 2. The molecule has 146 valence electrons. The monoisotopic (exact) mass is 392 g/mol. The highest BCUT2D eigenvalue weighted by Gasteiger charge is 2.21. The molecule has 2 heterocycles. The van der Waals surface area contributed by atoms with Crippen molar-refractivity contribution in [3.8, 4) is 5.75 Å². The summed E-state index contributed by atoms with van der Waals surface area (Å²) in [6.45, 7) is 3.59. The van der Waals surface area contributed by atoms with Crippen LogP contribution in [0.1, 0.15) is 11.3 Å². The Morgan fingerprint density at radius 2 is 2.04 bits per heavy atom. The molecule has 0 aliphatic rings. The minimum Gasteiger partial charge on any atom is -0.495 e. The fraction of sp³-hybridized carbons (Fsp3) is 0.333. The maximum Gasteiger partial charge on any atom is 0.184 e. The van der Waals surface area contributed by atoms with Crippen LogP contribution in [-0.2, 0) is 9.84 Å². The summed E-state index contributed by atoms with van der Waals surface area (Å²) in [6.07, 6.45) is 3.45. The summed E-state index contributed by atoms with van der Waals surface area (Å²) in [5.41, 5.74) is 3.79. The summed E-state index contributed by atoms with van der Waals surface area (Å²) in [5.74, 6) is -0.115. The highest BCUT2D eigenvalue weighted by molar-refractivity contribution is 7.91. The summed E-state index contributed by atoms with van der Waals surface area (Å²) in [7, 11) is -0.445. The fourth-order valence-corrected chi connectivity index (χ4v) is 3.62. The molecule has 3 rings (SSSR count). The van der Waals surface area contributed by atoms with Crippen LogP contribution < -0.4 is 10.1 Å². The van der Waals surface area contributed by atoms with Crippen molar-refractivity contribution in [2.24, 2.45) is 0 Å². The van der Waals surface area contributed by atoms with Crippen molar-refractivity contribution in [1.82, 2.24) is 15.2 Å². The summed E-state index contributed by atoms with van der Waals surface area (Å²) < 4.78 is 29.5. The topological polar surface area (TPSA) is 117 Å². The summed E-state index contributed by atoms with van der Waals surface area (Å²) >= 11 is 0. The highest BCUT2D eigenvalue weighted by Crippen LogP contribution is 2.32. The predicted octanol–water partition coefficient (Wildman–Crippen LogP) is 2.08. The molecule has 1 aromatic carbocycles. The molecule has 9 heteroatoms. The van der Waals surface area contributed by atoms with E-state index in [1.165, 1.54) is 18.7 Å². The first-order chi connectivity index (χ1) is 12.8. The van der Waals surface area contributed by atoms with Crippen molar-refractivity contribution in [2.75, 3.05) is 31.8 Å². The summed E-state index contributed by atoms with van der Waals surface area (Å²) in [6, 6.07) is 4.87. The fourth-order valence-electron chi connectivity index (χ4n) is 2.42. The third-order valence-corrected chi connectivity index (χ3v) is 5.78. The Morgan fingerprint density at radius 3 is 2.52 bits per heavy atom. The number of nitrogens with zero attached hydrogens (tertiary/aromatic N) is 2. The zero-order valence-corrected chi connectivity index (χ0v) is 16.6. The van der Waals surface area contributed by atoms with Gasteiger partial charge in [-0.2, -0.15) is 5.10 Å². The Labute approximate surface area is 158 Å². The van der Waals surface area contributed by atoms with Gasteiger partial charge in [0, 0.05) is 36.1 Å². The van der Waals surface area contributed by atoms with Gasteiger partial charge in [0.25, 0.3) is 0 Å². The average Bonchev–Trinajstić information content (AvgIpc) is 3.03. The molecule has 0 amide bonds. The first kappa shape index (κ1) is 20.7. The van der Waals surface area contributed by atoms with Gasteiger partial charge in [-0.1, -0.05) is 0 Å². The number of aliphatic hydroxyl groups excluding tert-OH is 1. The smallest absolute Gasteiger partial charge is 0.184 e. The number of aromatic amines is 1. The third-order valence-electron chi connectivity index (χ3n) is 4.07. The molecular weight excluding hydrogens is 368 g/mol. The van der Waals surface area contributed by atoms with Crippen molar-refractivity contribution in [1.29, 1.82) is 0 Å². The number of hydrogen-bond acceptors (Lipinski definition) is 7. The van der Waals surface area contributed by atoms with Gasteiger partial charge in [0.05, 0.1) is 31.2 Å². The zero-order valence-electron chi connectivity index (χ0n) is 15.8. The van der Waals surface area contributed by atoms with Crippen LogP contribution in [0.2, 0.25) is 0 Å². The first-order valence-corrected chi connectivity index (χ1v) is 9.94. The molecule has 0 spiro atoms. The van der Waals surface area contributed by atoms with E-state index in [0.29, 0.717) is 10.9 Å². The van der Waals surface area contributed by atoms with E-state index in [1.807, 2.05) is 20.0 Å². The number of ether oxygens (including phenoxy) is 1. The Morgan fingerprint density at radius 1 is 1.30 bits per heavy atom. The van der Waals surface area contributed by atoms with Gasteiger partial charge in [-0.15, -0.1) is 0 Å². The van der Waals surface area contributed by atoms with E-state index in [4.69, 9.17) is 9.84 Å². The lowest BCUT2D eigenvalue weighted by molar-refractivity contribution is 0.319. The molecular formula is C18H24N4O4S. The second-order valence-electron chi connectivity index (χ2n) is 5.85. The molecule has 0 fully saturated rings. The van der Waals surface area contributed by atoms with Crippen LogP contribution in [0.15, 0.2) is 35.5 Å². The van der Waals surface area contributed by atoms with Crippen LogP contribution in [0.5, 0.6) is 5.75 Å². The van der Waals surface area contributed by atoms with E-state index in [9.17, 15) is 8.42 Å². The molecule has 0 aliphatic heterocycles. The predicted molar refractivity (Wildman–Crippen MR) is 105 cm³/mol. The van der Waals surface area contributed by atoms with E-state index in [2.05, 4.69) is 20.5 Å². The minimum atomic E-state index is -3.60. The van der Waals surface area contributed by atoms with E-state index in [1.54, 1.807) is 25.4 Å². The van der Waals surface area contributed by atoms with Crippen LogP contribution in [0.4, 0.5) is 5.69 Å². The summed E-state index contributed by atoms with van der Waals surface area (Å²) in [4.78, 5) is 4.26. The number of nitrogens with one attached hydrogen (secondary N) is 2. The number of aromatic nitrogens is 3. The van der Waals surface area contributed by atoms with Crippen molar-refractivity contribution >= 4 is 26.4 Å². The minimum absolute atomic E-state index is 0.0612. The molecule has 0 unspecified atom stereocenters. The average molecular weight is 392 g/mol. The summed E-state index contributed by atoms with van der Waals surface area (Å²) in [5, 5.41) is 19.2. The number of H-pyrrole nitrogens is 1. The molecule has 0 saturated carbocycles. The number of sulfone groups is 1. The molecule has 3 N–H and O–H groups in total. The Hall–Kier alpha value is -2.65. The molecule has 0 bridgehead atoms. The molecule has 3 aromatic rings. The van der Waals surface area contributed by atoms with Gasteiger partial charge >= 0.3 is 0 Å². The molecule has 0 aliphatic carbocycles. The van der Waals surface area contributed by atoms with Crippen LogP contribution in [0.3, 0.4) is 0 Å². The number of fused-ring (bicyclic) bond motifs is 1. The molecule has 8 nitrogen and oxygen atoms in total. The molecule has 27 heavy (non-hydrogen) atoms. The third kappa shape index (κ3) is 4.75. The second kappa shape index (κ2) is 8.83. The quantitative estimate of drug-likeness (QED) is 0.608. The lowest BCUT2D eigenvalue weighted by atomic mass is 10.2. The van der Waals surface area contributed by atoms with E-state index in [0.717, 1.165) is 11.4 Å². The number of aliphatic hydroxyl groups is 1. The highest BCUT2D eigenvalue weighted by atomic mass is 32.2. The lowest BCUT2D eigenvalue weighted by Gasteiger charge is -2.12. The second-order valence-corrected chi connectivity index (χ2v) is 7.93. The van der Waals surface area contributed by atoms with Crippen molar-refractivity contribution in [3.63, 3.8) is 0 Å². The van der Waals surface area contributed by atoms with Crippen LogP contribution >= 0.6 is 0 Å². The van der Waals surface area contributed by atoms with Crippen molar-refractivity contribution < 1.29 is 18.3 Å². The number of rotatable bonds is 5. The number of hydrogen-bond donors (Lipinski definition) is 3.